The molecule has 0 fully saturated rings. The third-order valence-electron chi connectivity index (χ3n) is 12.9. The highest BCUT2D eigenvalue weighted by atomic mass is 16.3. The summed E-state index contributed by atoms with van der Waals surface area (Å²) in [5.74, 6) is 0.418. The van der Waals surface area contributed by atoms with Crippen LogP contribution in [0.2, 0.25) is 0 Å². The number of nitrogens with zero attached hydrogens (tertiary/aromatic N) is 1. The number of fused-ring (bicyclic) bond motifs is 10. The van der Waals surface area contributed by atoms with Crippen LogP contribution in [0.15, 0.2) is 191 Å². The maximum atomic E-state index is 6.85. The summed E-state index contributed by atoms with van der Waals surface area (Å²) in [5, 5.41) is 16.6. The SMILES string of the molecule is CC(C)c1ccc(N(c2c3ccccc3c(-c3ccc4oc5c6cccc7ccc8cccc(c5c4c3)c8c76)c3ccccc23)c2cccc3c2oc2ccccc23)cc1. The van der Waals surface area contributed by atoms with Crippen LogP contribution in [0.25, 0.3) is 109 Å². The minimum Gasteiger partial charge on any atom is -0.455 e. The molecule has 0 spiro atoms. The Labute approximate surface area is 345 Å². The molecule has 60 heavy (non-hydrogen) atoms. The number of benzene rings is 11. The van der Waals surface area contributed by atoms with Crippen LogP contribution in [0, 0.1) is 0 Å². The number of furan rings is 2. The predicted octanol–water partition coefficient (Wildman–Crippen LogP) is 16.9. The van der Waals surface area contributed by atoms with Gasteiger partial charge in [-0.15, -0.1) is 0 Å². The number of hydrogen-bond acceptors (Lipinski definition) is 3. The lowest BCUT2D eigenvalue weighted by Gasteiger charge is -2.29. The molecule has 2 aromatic heterocycles. The van der Waals surface area contributed by atoms with E-state index < -0.39 is 0 Å². The first kappa shape index (κ1) is 33.4. The molecule has 0 radical (unpaired) electrons. The highest BCUT2D eigenvalue weighted by Crippen LogP contribution is 2.51. The number of para-hydroxylation sites is 2. The Morgan fingerprint density at radius 3 is 1.68 bits per heavy atom. The quantitative estimate of drug-likeness (QED) is 0.129. The van der Waals surface area contributed by atoms with Crippen LogP contribution in [0.4, 0.5) is 17.1 Å². The second-order valence-electron chi connectivity index (χ2n) is 16.5. The van der Waals surface area contributed by atoms with Crippen molar-refractivity contribution < 1.29 is 8.83 Å². The zero-order valence-electron chi connectivity index (χ0n) is 33.2. The summed E-state index contributed by atoms with van der Waals surface area (Å²) in [5.41, 5.74) is 10.4. The molecule has 13 rings (SSSR count). The number of rotatable bonds is 5. The molecule has 13 aromatic rings. The second kappa shape index (κ2) is 12.4. The van der Waals surface area contributed by atoms with Crippen molar-refractivity contribution in [3.05, 3.63) is 188 Å². The van der Waals surface area contributed by atoms with Gasteiger partial charge in [-0.1, -0.05) is 159 Å². The van der Waals surface area contributed by atoms with Crippen molar-refractivity contribution >= 4 is 115 Å². The Kier molecular flexibility index (Phi) is 6.92. The van der Waals surface area contributed by atoms with Gasteiger partial charge in [-0.3, -0.25) is 0 Å². The van der Waals surface area contributed by atoms with Gasteiger partial charge in [0.2, 0.25) is 0 Å². The standard InChI is InChI=1S/C57H37NO2/c1-33(2)34-26-29-38(30-27-34)58(48-22-11-19-44-39-14-7-8-23-49(39)59-56(44)48)55-42-17-5-3-15-40(42)51(41-16-4-6-18-43(41)55)37-28-31-50-47(32-37)54-45-20-9-12-35-24-25-36-13-10-21-46(57(54)60-50)53(36)52(35)45/h3-33H,1-2H3. The van der Waals surface area contributed by atoms with Crippen LogP contribution in [0.3, 0.4) is 0 Å². The largest absolute Gasteiger partial charge is 0.455 e. The van der Waals surface area contributed by atoms with E-state index in [0.29, 0.717) is 5.92 Å². The summed E-state index contributed by atoms with van der Waals surface area (Å²) < 4.78 is 13.6. The fourth-order valence-corrected chi connectivity index (χ4v) is 10.2. The molecule has 0 N–H and O–H groups in total. The van der Waals surface area contributed by atoms with E-state index in [2.05, 4.69) is 195 Å². The lowest BCUT2D eigenvalue weighted by Crippen LogP contribution is -2.12. The van der Waals surface area contributed by atoms with Gasteiger partial charge in [0.1, 0.15) is 16.7 Å². The van der Waals surface area contributed by atoms with E-state index in [1.807, 2.05) is 6.07 Å². The van der Waals surface area contributed by atoms with Crippen LogP contribution in [-0.2, 0) is 0 Å². The Morgan fingerprint density at radius 2 is 0.967 bits per heavy atom. The molecule has 11 aromatic carbocycles. The van der Waals surface area contributed by atoms with Gasteiger partial charge in [0.15, 0.2) is 5.58 Å². The molecule has 0 aliphatic carbocycles. The zero-order chi connectivity index (χ0) is 39.6. The first-order valence-corrected chi connectivity index (χ1v) is 20.9. The minimum atomic E-state index is 0.418. The summed E-state index contributed by atoms with van der Waals surface area (Å²) in [6, 6.07) is 66.3. The van der Waals surface area contributed by atoms with Crippen molar-refractivity contribution in [1.82, 2.24) is 0 Å². The lowest BCUT2D eigenvalue weighted by molar-refractivity contribution is 0.669. The molecule has 0 saturated carbocycles. The smallest absolute Gasteiger partial charge is 0.159 e. The van der Waals surface area contributed by atoms with Crippen molar-refractivity contribution in [1.29, 1.82) is 0 Å². The van der Waals surface area contributed by atoms with Gasteiger partial charge >= 0.3 is 0 Å². The molecule has 3 heteroatoms. The van der Waals surface area contributed by atoms with Crippen LogP contribution in [-0.4, -0.2) is 0 Å². The van der Waals surface area contributed by atoms with Gasteiger partial charge in [-0.25, -0.2) is 0 Å². The van der Waals surface area contributed by atoms with Crippen molar-refractivity contribution in [3.8, 4) is 11.1 Å². The van der Waals surface area contributed by atoms with E-state index in [1.54, 1.807) is 0 Å². The van der Waals surface area contributed by atoms with Crippen LogP contribution < -0.4 is 4.90 Å². The van der Waals surface area contributed by atoms with Crippen molar-refractivity contribution in [2.75, 3.05) is 4.90 Å². The van der Waals surface area contributed by atoms with Gasteiger partial charge < -0.3 is 13.7 Å². The average Bonchev–Trinajstić information content (AvgIpc) is 3.88. The summed E-state index contributed by atoms with van der Waals surface area (Å²) in [6.45, 7) is 4.50. The van der Waals surface area contributed by atoms with Crippen LogP contribution >= 0.6 is 0 Å². The Balaban J connectivity index is 1.12. The van der Waals surface area contributed by atoms with Gasteiger partial charge in [-0.2, -0.15) is 0 Å². The van der Waals surface area contributed by atoms with E-state index in [0.717, 1.165) is 77.3 Å². The first-order valence-electron chi connectivity index (χ1n) is 20.9. The molecule has 3 nitrogen and oxygen atoms in total. The molecule has 0 amide bonds. The third-order valence-corrected chi connectivity index (χ3v) is 12.9. The molecular formula is C57H37NO2. The summed E-state index contributed by atoms with van der Waals surface area (Å²) >= 11 is 0. The average molecular weight is 768 g/mol. The van der Waals surface area contributed by atoms with Gasteiger partial charge in [-0.05, 0) is 91.3 Å². The van der Waals surface area contributed by atoms with Gasteiger partial charge in [0.05, 0.1) is 11.4 Å². The molecule has 0 unspecified atom stereocenters. The summed E-state index contributed by atoms with van der Waals surface area (Å²) in [6.07, 6.45) is 0. The van der Waals surface area contributed by atoms with E-state index in [4.69, 9.17) is 8.83 Å². The Hall–Kier alpha value is -7.62. The van der Waals surface area contributed by atoms with Crippen molar-refractivity contribution in [2.24, 2.45) is 0 Å². The van der Waals surface area contributed by atoms with E-state index in [-0.39, 0.29) is 0 Å². The summed E-state index contributed by atoms with van der Waals surface area (Å²) in [4.78, 5) is 2.43. The molecular weight excluding hydrogens is 731 g/mol. The van der Waals surface area contributed by atoms with Crippen molar-refractivity contribution in [3.63, 3.8) is 0 Å². The van der Waals surface area contributed by atoms with E-state index in [1.165, 1.54) is 54.2 Å². The van der Waals surface area contributed by atoms with E-state index >= 15 is 0 Å². The highest BCUT2D eigenvalue weighted by molar-refractivity contribution is 6.37. The second-order valence-corrected chi connectivity index (χ2v) is 16.5. The molecule has 0 aliphatic heterocycles. The molecule has 282 valence electrons. The fourth-order valence-electron chi connectivity index (χ4n) is 10.2. The first-order chi connectivity index (χ1) is 29.6. The maximum absolute atomic E-state index is 6.85. The monoisotopic (exact) mass is 767 g/mol. The number of anilines is 3. The topological polar surface area (TPSA) is 29.5 Å². The Morgan fingerprint density at radius 1 is 0.400 bits per heavy atom. The fraction of sp³-hybridized carbons (Fsp3) is 0.0526. The molecule has 2 heterocycles. The van der Waals surface area contributed by atoms with Gasteiger partial charge in [0.25, 0.3) is 0 Å². The van der Waals surface area contributed by atoms with Crippen LogP contribution in [0.1, 0.15) is 25.3 Å². The molecule has 0 aliphatic rings. The van der Waals surface area contributed by atoms with Gasteiger partial charge in [0, 0.05) is 48.8 Å². The molecule has 0 saturated heterocycles. The minimum absolute atomic E-state index is 0.418. The van der Waals surface area contributed by atoms with Crippen LogP contribution in [0.5, 0.6) is 0 Å². The normalized spacial score (nSPS) is 12.3. The number of hydrogen-bond donors (Lipinski definition) is 0. The van der Waals surface area contributed by atoms with E-state index in [9.17, 15) is 0 Å². The van der Waals surface area contributed by atoms with Crippen molar-refractivity contribution in [2.45, 2.75) is 19.8 Å². The zero-order valence-corrected chi connectivity index (χ0v) is 33.2. The highest BCUT2D eigenvalue weighted by Gasteiger charge is 2.26. The lowest BCUT2D eigenvalue weighted by atomic mass is 9.88. The predicted molar refractivity (Wildman–Crippen MR) is 254 cm³/mol. The Bertz CT molecular complexity index is 3810. The summed E-state index contributed by atoms with van der Waals surface area (Å²) in [7, 11) is 0. The maximum Gasteiger partial charge on any atom is 0.159 e. The molecule has 0 atom stereocenters. The molecule has 0 bridgehead atoms. The third kappa shape index (κ3) is 4.60.